The molecular weight excluding hydrogens is 392 g/mol. The number of para-hydroxylation sites is 1. The number of carbonyl (C=O) groups excluding carboxylic acids is 3. The Hall–Kier alpha value is -3.12. The molecule has 1 N–H and O–H groups in total. The molecule has 4 amide bonds. The molecule has 29 heavy (non-hydrogen) atoms. The second kappa shape index (κ2) is 8.49. The highest BCUT2D eigenvalue weighted by Crippen LogP contribution is 2.30. The number of nitrogens with zero attached hydrogens (tertiary/aromatic N) is 1. The van der Waals surface area contributed by atoms with Gasteiger partial charge in [-0.1, -0.05) is 42.8 Å². The molecule has 150 valence electrons. The SMILES string of the molecule is CC[C@@H](C)Oc1ccccc1/C=C1\C(=O)NC(=O)N(c2cccc(Cl)c2C)C1=O. The van der Waals surface area contributed by atoms with E-state index in [-0.39, 0.29) is 11.7 Å². The summed E-state index contributed by atoms with van der Waals surface area (Å²) in [5.74, 6) is -0.922. The predicted octanol–water partition coefficient (Wildman–Crippen LogP) is 4.49. The van der Waals surface area contributed by atoms with E-state index in [4.69, 9.17) is 16.3 Å². The summed E-state index contributed by atoms with van der Waals surface area (Å²) in [6.07, 6.45) is 2.22. The van der Waals surface area contributed by atoms with Gasteiger partial charge in [0.05, 0.1) is 11.8 Å². The van der Waals surface area contributed by atoms with Crippen LogP contribution in [-0.4, -0.2) is 23.9 Å². The Morgan fingerprint density at radius 1 is 1.14 bits per heavy atom. The smallest absolute Gasteiger partial charge is 0.335 e. The van der Waals surface area contributed by atoms with Crippen molar-refractivity contribution in [2.24, 2.45) is 0 Å². The van der Waals surface area contributed by atoms with Crippen LogP contribution in [0.2, 0.25) is 5.02 Å². The van der Waals surface area contributed by atoms with Crippen LogP contribution in [-0.2, 0) is 9.59 Å². The summed E-state index contributed by atoms with van der Waals surface area (Å²) in [4.78, 5) is 38.8. The van der Waals surface area contributed by atoms with Crippen LogP contribution >= 0.6 is 11.6 Å². The Morgan fingerprint density at radius 3 is 2.59 bits per heavy atom. The van der Waals surface area contributed by atoms with Crippen LogP contribution in [0.25, 0.3) is 6.08 Å². The summed E-state index contributed by atoms with van der Waals surface area (Å²) >= 11 is 6.14. The van der Waals surface area contributed by atoms with E-state index in [0.717, 1.165) is 11.3 Å². The van der Waals surface area contributed by atoms with Crippen molar-refractivity contribution < 1.29 is 19.1 Å². The van der Waals surface area contributed by atoms with Crippen molar-refractivity contribution in [3.63, 3.8) is 0 Å². The number of hydrogen-bond acceptors (Lipinski definition) is 4. The molecule has 2 aromatic rings. The van der Waals surface area contributed by atoms with Gasteiger partial charge < -0.3 is 4.74 Å². The van der Waals surface area contributed by atoms with Crippen LogP contribution in [0.5, 0.6) is 5.75 Å². The molecule has 1 aliphatic heterocycles. The second-order valence-electron chi connectivity index (χ2n) is 6.72. The third-order valence-electron chi connectivity index (χ3n) is 4.70. The molecule has 1 atom stereocenters. The van der Waals surface area contributed by atoms with Gasteiger partial charge in [0.25, 0.3) is 11.8 Å². The Morgan fingerprint density at radius 2 is 1.86 bits per heavy atom. The van der Waals surface area contributed by atoms with Crippen molar-refractivity contribution in [3.8, 4) is 5.75 Å². The highest BCUT2D eigenvalue weighted by atomic mass is 35.5. The number of urea groups is 1. The highest BCUT2D eigenvalue weighted by Gasteiger charge is 2.37. The lowest BCUT2D eigenvalue weighted by molar-refractivity contribution is -0.122. The second-order valence-corrected chi connectivity index (χ2v) is 7.12. The first-order valence-electron chi connectivity index (χ1n) is 9.25. The molecule has 0 bridgehead atoms. The predicted molar refractivity (Wildman–Crippen MR) is 112 cm³/mol. The number of rotatable bonds is 5. The molecule has 7 heteroatoms. The maximum absolute atomic E-state index is 13.1. The molecule has 1 aliphatic rings. The fourth-order valence-electron chi connectivity index (χ4n) is 2.88. The lowest BCUT2D eigenvalue weighted by Crippen LogP contribution is -2.54. The van der Waals surface area contributed by atoms with E-state index in [2.05, 4.69) is 5.32 Å². The van der Waals surface area contributed by atoms with Gasteiger partial charge in [0.2, 0.25) is 0 Å². The zero-order valence-electron chi connectivity index (χ0n) is 16.4. The Balaban J connectivity index is 2.04. The minimum Gasteiger partial charge on any atom is -0.490 e. The van der Waals surface area contributed by atoms with E-state index in [9.17, 15) is 14.4 Å². The van der Waals surface area contributed by atoms with E-state index in [0.29, 0.717) is 27.6 Å². The monoisotopic (exact) mass is 412 g/mol. The van der Waals surface area contributed by atoms with Gasteiger partial charge in [-0.15, -0.1) is 0 Å². The van der Waals surface area contributed by atoms with E-state index >= 15 is 0 Å². The van der Waals surface area contributed by atoms with Gasteiger partial charge in [-0.2, -0.15) is 0 Å². The van der Waals surface area contributed by atoms with E-state index in [1.165, 1.54) is 6.08 Å². The van der Waals surface area contributed by atoms with Gasteiger partial charge in [0, 0.05) is 10.6 Å². The van der Waals surface area contributed by atoms with Gasteiger partial charge in [0.15, 0.2) is 0 Å². The number of anilines is 1. The van der Waals surface area contributed by atoms with Crippen molar-refractivity contribution in [1.29, 1.82) is 0 Å². The zero-order chi connectivity index (χ0) is 21.1. The summed E-state index contributed by atoms with van der Waals surface area (Å²) in [6, 6.07) is 11.2. The molecule has 2 aromatic carbocycles. The molecule has 1 heterocycles. The number of hydrogen-bond donors (Lipinski definition) is 1. The number of halogens is 1. The standard InChI is InChI=1S/C22H21ClN2O4/c1-4-13(2)29-19-11-6-5-8-15(19)12-16-20(26)24-22(28)25(21(16)27)18-10-7-9-17(23)14(18)3/h5-13H,4H2,1-3H3,(H,24,26,28)/b16-12+/t13-/m1/s1. The molecule has 0 unspecified atom stereocenters. The molecule has 0 aliphatic carbocycles. The maximum Gasteiger partial charge on any atom is 0.335 e. The molecule has 0 spiro atoms. The van der Waals surface area contributed by atoms with Crippen LogP contribution in [0.1, 0.15) is 31.4 Å². The molecule has 0 aromatic heterocycles. The topological polar surface area (TPSA) is 75.7 Å². The summed E-state index contributed by atoms with van der Waals surface area (Å²) in [6.45, 7) is 5.64. The quantitative estimate of drug-likeness (QED) is 0.579. The molecule has 0 radical (unpaired) electrons. The van der Waals surface area contributed by atoms with Crippen molar-refractivity contribution in [1.82, 2.24) is 5.32 Å². The van der Waals surface area contributed by atoms with Crippen LogP contribution < -0.4 is 15.0 Å². The molecule has 1 fully saturated rings. The molecular formula is C22H21ClN2O4. The number of nitrogens with one attached hydrogen (secondary N) is 1. The Bertz CT molecular complexity index is 1020. The average molecular weight is 413 g/mol. The number of benzene rings is 2. The number of imide groups is 2. The van der Waals surface area contributed by atoms with Crippen LogP contribution in [0.15, 0.2) is 48.0 Å². The minimum absolute atomic E-state index is 0.0300. The normalized spacial score (nSPS) is 16.8. The molecule has 0 saturated carbocycles. The van der Waals surface area contributed by atoms with Crippen molar-refractivity contribution in [2.45, 2.75) is 33.3 Å². The Labute approximate surface area is 174 Å². The van der Waals surface area contributed by atoms with Crippen molar-refractivity contribution in [3.05, 3.63) is 64.2 Å². The van der Waals surface area contributed by atoms with Crippen molar-refractivity contribution >= 4 is 41.2 Å². The molecule has 1 saturated heterocycles. The fraction of sp³-hybridized carbons (Fsp3) is 0.227. The van der Waals surface area contributed by atoms with Gasteiger partial charge in [-0.25, -0.2) is 9.69 Å². The molecule has 6 nitrogen and oxygen atoms in total. The van der Waals surface area contributed by atoms with E-state index in [1.807, 2.05) is 19.9 Å². The van der Waals surface area contributed by atoms with Gasteiger partial charge in [0.1, 0.15) is 11.3 Å². The Kier molecular flexibility index (Phi) is 6.03. The summed E-state index contributed by atoms with van der Waals surface area (Å²) < 4.78 is 5.89. The number of ether oxygens (including phenoxy) is 1. The van der Waals surface area contributed by atoms with Crippen LogP contribution in [0, 0.1) is 6.92 Å². The third-order valence-corrected chi connectivity index (χ3v) is 5.11. The summed E-state index contributed by atoms with van der Waals surface area (Å²) in [5.41, 5.74) is 1.29. The van der Waals surface area contributed by atoms with Gasteiger partial charge in [-0.05, 0) is 50.1 Å². The number of amides is 4. The van der Waals surface area contributed by atoms with E-state index < -0.39 is 17.8 Å². The van der Waals surface area contributed by atoms with E-state index in [1.54, 1.807) is 43.3 Å². The van der Waals surface area contributed by atoms with Crippen LogP contribution in [0.3, 0.4) is 0 Å². The first kappa shape index (κ1) is 20.6. The summed E-state index contributed by atoms with van der Waals surface area (Å²) in [7, 11) is 0. The van der Waals surface area contributed by atoms with Gasteiger partial charge >= 0.3 is 6.03 Å². The average Bonchev–Trinajstić information content (AvgIpc) is 2.69. The first-order valence-corrected chi connectivity index (χ1v) is 9.63. The van der Waals surface area contributed by atoms with Crippen molar-refractivity contribution in [2.75, 3.05) is 4.90 Å². The third kappa shape index (κ3) is 4.17. The molecule has 3 rings (SSSR count). The van der Waals surface area contributed by atoms with Gasteiger partial charge in [-0.3, -0.25) is 14.9 Å². The largest absolute Gasteiger partial charge is 0.490 e. The number of carbonyl (C=O) groups is 3. The lowest BCUT2D eigenvalue weighted by atomic mass is 10.0. The minimum atomic E-state index is -0.813. The maximum atomic E-state index is 13.1. The number of barbiturate groups is 1. The highest BCUT2D eigenvalue weighted by molar-refractivity contribution is 6.40. The fourth-order valence-corrected chi connectivity index (χ4v) is 3.05. The first-order chi connectivity index (χ1) is 13.8. The van der Waals surface area contributed by atoms with Crippen LogP contribution in [0.4, 0.5) is 10.5 Å². The summed E-state index contributed by atoms with van der Waals surface area (Å²) in [5, 5.41) is 2.64. The zero-order valence-corrected chi connectivity index (χ0v) is 17.1. The lowest BCUT2D eigenvalue weighted by Gasteiger charge is -2.28.